The summed E-state index contributed by atoms with van der Waals surface area (Å²) in [6, 6.07) is 0. The average Bonchev–Trinajstić information content (AvgIpc) is 2.55. The van der Waals surface area contributed by atoms with Gasteiger partial charge in [-0.1, -0.05) is 13.3 Å². The van der Waals surface area contributed by atoms with Crippen molar-refractivity contribution in [1.29, 1.82) is 0 Å². The van der Waals surface area contributed by atoms with E-state index in [0.717, 1.165) is 25.7 Å². The summed E-state index contributed by atoms with van der Waals surface area (Å²) in [7, 11) is 0. The van der Waals surface area contributed by atoms with Crippen LogP contribution < -0.4 is 5.32 Å². The third-order valence-electron chi connectivity index (χ3n) is 4.53. The Kier molecular flexibility index (Phi) is 9.05. The summed E-state index contributed by atoms with van der Waals surface area (Å²) >= 11 is 0. The number of amides is 2. The Morgan fingerprint density at radius 1 is 1.00 bits per heavy atom. The Bertz CT molecular complexity index is 500. The van der Waals surface area contributed by atoms with E-state index in [4.69, 9.17) is 14.2 Å². The molecule has 0 unspecified atom stereocenters. The van der Waals surface area contributed by atoms with Crippen molar-refractivity contribution in [3.05, 3.63) is 0 Å². The molecule has 1 fully saturated rings. The van der Waals surface area contributed by atoms with Gasteiger partial charge >= 0.3 is 12.2 Å². The van der Waals surface area contributed by atoms with Gasteiger partial charge in [-0.25, -0.2) is 9.59 Å². The molecule has 0 bridgehead atoms. The molecule has 1 aliphatic rings. The van der Waals surface area contributed by atoms with Gasteiger partial charge in [0.25, 0.3) is 0 Å². The van der Waals surface area contributed by atoms with Crippen LogP contribution in [0.3, 0.4) is 0 Å². The van der Waals surface area contributed by atoms with Crippen molar-refractivity contribution >= 4 is 12.2 Å². The molecule has 1 rings (SSSR count). The van der Waals surface area contributed by atoms with Crippen LogP contribution in [0.25, 0.3) is 0 Å². The number of rotatable bonds is 7. The minimum Gasteiger partial charge on any atom is -0.444 e. The van der Waals surface area contributed by atoms with E-state index in [1.165, 1.54) is 0 Å². The normalized spacial score (nSPS) is 17.2. The Morgan fingerprint density at radius 3 is 2.07 bits per heavy atom. The number of piperidine rings is 1. The van der Waals surface area contributed by atoms with E-state index in [1.54, 1.807) is 4.90 Å². The van der Waals surface area contributed by atoms with Gasteiger partial charge in [-0.2, -0.15) is 0 Å². The number of nitrogens with zero attached hydrogens (tertiary/aromatic N) is 1. The lowest BCUT2D eigenvalue weighted by Gasteiger charge is -2.42. The van der Waals surface area contributed by atoms with Gasteiger partial charge in [-0.3, -0.25) is 0 Å². The van der Waals surface area contributed by atoms with E-state index in [1.807, 2.05) is 41.5 Å². The van der Waals surface area contributed by atoms with E-state index < -0.39 is 17.3 Å². The number of likely N-dealkylation sites (tertiary alicyclic amines) is 1. The van der Waals surface area contributed by atoms with Crippen LogP contribution >= 0.6 is 0 Å². The first-order valence-electron chi connectivity index (χ1n) is 10.4. The molecule has 7 heteroatoms. The highest BCUT2D eigenvalue weighted by Crippen LogP contribution is 2.32. The zero-order valence-electron chi connectivity index (χ0n) is 18.9. The maximum atomic E-state index is 12.3. The molecule has 1 saturated heterocycles. The van der Waals surface area contributed by atoms with Crippen molar-refractivity contribution in [2.24, 2.45) is 5.41 Å². The number of hydrogen-bond donors (Lipinski definition) is 1. The molecule has 0 aromatic heterocycles. The molecule has 0 radical (unpaired) electrons. The number of hydrogen-bond acceptors (Lipinski definition) is 5. The van der Waals surface area contributed by atoms with Gasteiger partial charge in [-0.15, -0.1) is 0 Å². The fourth-order valence-corrected chi connectivity index (χ4v) is 2.97. The highest BCUT2D eigenvalue weighted by Gasteiger charge is 2.38. The predicted octanol–water partition coefficient (Wildman–Crippen LogP) is 4.35. The van der Waals surface area contributed by atoms with Gasteiger partial charge in [0, 0.05) is 31.7 Å². The zero-order valence-corrected chi connectivity index (χ0v) is 18.9. The monoisotopic (exact) mass is 400 g/mol. The molecule has 2 amide bonds. The lowest BCUT2D eigenvalue weighted by Crippen LogP contribution is -2.51. The summed E-state index contributed by atoms with van der Waals surface area (Å²) in [4.78, 5) is 26.2. The largest absolute Gasteiger partial charge is 0.444 e. The molecule has 1 heterocycles. The van der Waals surface area contributed by atoms with Crippen molar-refractivity contribution in [1.82, 2.24) is 10.2 Å². The Hall–Kier alpha value is -1.50. The van der Waals surface area contributed by atoms with Crippen LogP contribution in [0.15, 0.2) is 0 Å². The van der Waals surface area contributed by atoms with Crippen molar-refractivity contribution in [2.45, 2.75) is 85.4 Å². The molecule has 0 aromatic rings. The standard InChI is InChI=1S/C21H40N2O5/c1-8-9-14-26-16-21(15-22-17(24)27-19(2,3)4)10-12-23(13-11-21)18(25)28-20(5,6)7/h8-16H2,1-7H3,(H,22,24). The summed E-state index contributed by atoms with van der Waals surface area (Å²) in [6.07, 6.45) is 2.88. The second-order valence-electron chi connectivity index (χ2n) is 9.73. The molecule has 0 aliphatic carbocycles. The van der Waals surface area contributed by atoms with E-state index in [9.17, 15) is 9.59 Å². The summed E-state index contributed by atoms with van der Waals surface area (Å²) in [5, 5.41) is 2.90. The molecular formula is C21H40N2O5. The lowest BCUT2D eigenvalue weighted by molar-refractivity contribution is -0.0180. The van der Waals surface area contributed by atoms with Crippen LogP contribution in [0.4, 0.5) is 9.59 Å². The number of nitrogens with one attached hydrogen (secondary N) is 1. The molecule has 0 spiro atoms. The molecule has 1 N–H and O–H groups in total. The van der Waals surface area contributed by atoms with Crippen LogP contribution in [0.5, 0.6) is 0 Å². The topological polar surface area (TPSA) is 77.1 Å². The molecule has 0 atom stereocenters. The maximum Gasteiger partial charge on any atom is 0.410 e. The first kappa shape index (κ1) is 24.5. The van der Waals surface area contributed by atoms with Crippen molar-refractivity contribution < 1.29 is 23.8 Å². The average molecular weight is 401 g/mol. The smallest absolute Gasteiger partial charge is 0.410 e. The van der Waals surface area contributed by atoms with Gasteiger partial charge in [0.2, 0.25) is 0 Å². The first-order chi connectivity index (χ1) is 12.9. The van der Waals surface area contributed by atoms with E-state index >= 15 is 0 Å². The Labute approximate surface area is 170 Å². The van der Waals surface area contributed by atoms with Gasteiger partial charge in [0.15, 0.2) is 0 Å². The van der Waals surface area contributed by atoms with Crippen LogP contribution in [0.2, 0.25) is 0 Å². The summed E-state index contributed by atoms with van der Waals surface area (Å²) in [5.41, 5.74) is -1.24. The number of carbonyl (C=O) groups is 2. The van der Waals surface area contributed by atoms with Crippen LogP contribution in [0, 0.1) is 5.41 Å². The van der Waals surface area contributed by atoms with Gasteiger partial charge < -0.3 is 24.4 Å². The summed E-state index contributed by atoms with van der Waals surface area (Å²) in [5.74, 6) is 0. The molecule has 7 nitrogen and oxygen atoms in total. The lowest BCUT2D eigenvalue weighted by atomic mass is 9.79. The minimum absolute atomic E-state index is 0.205. The third kappa shape index (κ3) is 9.62. The van der Waals surface area contributed by atoms with E-state index in [2.05, 4.69) is 12.2 Å². The van der Waals surface area contributed by atoms with Crippen LogP contribution in [-0.4, -0.2) is 61.1 Å². The van der Waals surface area contributed by atoms with E-state index in [0.29, 0.717) is 32.8 Å². The fourth-order valence-electron chi connectivity index (χ4n) is 2.97. The van der Waals surface area contributed by atoms with Crippen LogP contribution in [0.1, 0.15) is 74.1 Å². The van der Waals surface area contributed by atoms with Crippen LogP contribution in [-0.2, 0) is 14.2 Å². The number of carbonyl (C=O) groups excluding carboxylic acids is 2. The maximum absolute atomic E-state index is 12.3. The van der Waals surface area contributed by atoms with Crippen molar-refractivity contribution in [2.75, 3.05) is 32.8 Å². The molecule has 164 valence electrons. The minimum atomic E-state index is -0.533. The Morgan fingerprint density at radius 2 is 1.57 bits per heavy atom. The Balaban J connectivity index is 2.66. The van der Waals surface area contributed by atoms with Crippen molar-refractivity contribution in [3.63, 3.8) is 0 Å². The summed E-state index contributed by atoms with van der Waals surface area (Å²) in [6.45, 7) is 16.2. The number of unbranched alkanes of at least 4 members (excludes halogenated alkanes) is 1. The molecule has 0 aromatic carbocycles. The second kappa shape index (κ2) is 10.3. The highest BCUT2D eigenvalue weighted by atomic mass is 16.6. The number of ether oxygens (including phenoxy) is 3. The third-order valence-corrected chi connectivity index (χ3v) is 4.53. The predicted molar refractivity (Wildman–Crippen MR) is 109 cm³/mol. The van der Waals surface area contributed by atoms with Gasteiger partial charge in [-0.05, 0) is 60.8 Å². The molecule has 28 heavy (non-hydrogen) atoms. The molecular weight excluding hydrogens is 360 g/mol. The molecule has 1 aliphatic heterocycles. The molecule has 0 saturated carbocycles. The van der Waals surface area contributed by atoms with Crippen molar-refractivity contribution in [3.8, 4) is 0 Å². The number of alkyl carbamates (subject to hydrolysis) is 1. The second-order valence-corrected chi connectivity index (χ2v) is 9.73. The highest BCUT2D eigenvalue weighted by molar-refractivity contribution is 5.68. The van der Waals surface area contributed by atoms with Gasteiger partial charge in [0.1, 0.15) is 11.2 Å². The SMILES string of the molecule is CCCCOCC1(CNC(=O)OC(C)(C)C)CCN(C(=O)OC(C)(C)C)CC1. The first-order valence-corrected chi connectivity index (χ1v) is 10.4. The summed E-state index contributed by atoms with van der Waals surface area (Å²) < 4.78 is 16.7. The van der Waals surface area contributed by atoms with Gasteiger partial charge in [0.05, 0.1) is 6.61 Å². The zero-order chi connectivity index (χ0) is 21.4. The quantitative estimate of drug-likeness (QED) is 0.643. The fraction of sp³-hybridized carbons (Fsp3) is 0.905. The van der Waals surface area contributed by atoms with E-state index in [-0.39, 0.29) is 11.5 Å².